The Labute approximate surface area is 179 Å². The van der Waals surface area contributed by atoms with Crippen molar-refractivity contribution >= 4 is 65.9 Å². The fourth-order valence-corrected chi connectivity index (χ4v) is 5.55. The van der Waals surface area contributed by atoms with E-state index in [1.165, 1.54) is 30.9 Å². The molecule has 0 atom stereocenters. The molecule has 0 saturated carbocycles. The molecule has 0 aliphatic carbocycles. The Morgan fingerprint density at radius 1 is 0.700 bits per heavy atom. The number of hydrogen-bond donors (Lipinski definition) is 0. The van der Waals surface area contributed by atoms with Crippen LogP contribution in [-0.4, -0.2) is 23.3 Å². The van der Waals surface area contributed by atoms with Gasteiger partial charge in [-0.05, 0) is 39.1 Å². The van der Waals surface area contributed by atoms with Crippen molar-refractivity contribution in [3.8, 4) is 0 Å². The summed E-state index contributed by atoms with van der Waals surface area (Å²) < 4.78 is 15.3. The molecule has 5 aromatic rings. The summed E-state index contributed by atoms with van der Waals surface area (Å²) in [6.07, 6.45) is 0. The van der Waals surface area contributed by atoms with E-state index >= 15 is 0 Å². The Balaban J connectivity index is 1.71. The summed E-state index contributed by atoms with van der Waals surface area (Å²) >= 11 is 1.81. The molecular formula is C25H22BNO2S. The number of rotatable bonds is 1. The fraction of sp³-hybridized carbons (Fsp3) is 0.240. The van der Waals surface area contributed by atoms with Crippen LogP contribution < -0.4 is 5.59 Å². The van der Waals surface area contributed by atoms with Gasteiger partial charge in [0.15, 0.2) is 0 Å². The third kappa shape index (κ3) is 2.43. The van der Waals surface area contributed by atoms with Crippen molar-refractivity contribution in [2.24, 2.45) is 0 Å². The van der Waals surface area contributed by atoms with Crippen molar-refractivity contribution < 1.29 is 9.31 Å². The molecule has 5 heteroatoms. The highest BCUT2D eigenvalue weighted by atomic mass is 32.1. The van der Waals surface area contributed by atoms with Crippen molar-refractivity contribution in [3.63, 3.8) is 0 Å². The molecule has 0 amide bonds. The first kappa shape index (κ1) is 18.3. The predicted molar refractivity (Wildman–Crippen MR) is 128 cm³/mol. The molecule has 1 aliphatic heterocycles. The number of thiophene rings is 1. The molecule has 3 aromatic carbocycles. The lowest BCUT2D eigenvalue weighted by atomic mass is 9.80. The van der Waals surface area contributed by atoms with Gasteiger partial charge in [-0.25, -0.2) is 0 Å². The van der Waals surface area contributed by atoms with E-state index in [1.54, 1.807) is 11.3 Å². The lowest BCUT2D eigenvalue weighted by molar-refractivity contribution is 0.00578. The number of fused-ring (bicyclic) bond motifs is 7. The molecule has 3 heterocycles. The first-order valence-corrected chi connectivity index (χ1v) is 11.2. The molecule has 30 heavy (non-hydrogen) atoms. The number of aromatic nitrogens is 1. The molecular weight excluding hydrogens is 389 g/mol. The van der Waals surface area contributed by atoms with Crippen LogP contribution in [-0.2, 0) is 9.31 Å². The zero-order valence-corrected chi connectivity index (χ0v) is 18.3. The molecule has 0 N–H and O–H groups in total. The number of nitrogens with zero attached hydrogens (tertiary/aromatic N) is 1. The highest BCUT2D eigenvalue weighted by Gasteiger charge is 2.52. The average molecular weight is 411 g/mol. The van der Waals surface area contributed by atoms with Gasteiger partial charge in [0.05, 0.1) is 27.0 Å². The van der Waals surface area contributed by atoms with Gasteiger partial charge in [-0.15, -0.1) is 11.3 Å². The van der Waals surface area contributed by atoms with Gasteiger partial charge in [-0.3, -0.25) is 4.98 Å². The van der Waals surface area contributed by atoms with Crippen molar-refractivity contribution in [3.05, 3.63) is 60.7 Å². The van der Waals surface area contributed by atoms with E-state index in [1.807, 2.05) is 0 Å². The van der Waals surface area contributed by atoms with Crippen LogP contribution in [0.3, 0.4) is 0 Å². The molecule has 0 spiro atoms. The molecule has 6 rings (SSSR count). The minimum absolute atomic E-state index is 0.404. The maximum Gasteiger partial charge on any atom is 0.515 e. The van der Waals surface area contributed by atoms with Gasteiger partial charge < -0.3 is 9.31 Å². The van der Waals surface area contributed by atoms with Gasteiger partial charge in [0.2, 0.25) is 0 Å². The summed E-state index contributed by atoms with van der Waals surface area (Å²) in [5.41, 5.74) is 1.08. The molecule has 1 saturated heterocycles. The molecule has 3 nitrogen and oxygen atoms in total. The summed E-state index contributed by atoms with van der Waals surface area (Å²) in [6, 6.07) is 21.5. The van der Waals surface area contributed by atoms with E-state index in [4.69, 9.17) is 14.3 Å². The zero-order valence-electron chi connectivity index (χ0n) is 17.5. The normalized spacial score (nSPS) is 18.2. The number of benzene rings is 3. The third-order valence-corrected chi connectivity index (χ3v) is 7.92. The number of hydrogen-bond acceptors (Lipinski definition) is 4. The summed E-state index contributed by atoms with van der Waals surface area (Å²) in [5, 5.41) is 5.98. The van der Waals surface area contributed by atoms with Crippen molar-refractivity contribution in [1.29, 1.82) is 0 Å². The Kier molecular flexibility index (Phi) is 3.69. The predicted octanol–water partition coefficient (Wildman–Crippen LogP) is 6.06. The Bertz CT molecular complexity index is 1450. The highest BCUT2D eigenvalue weighted by molar-refractivity contribution is 7.26. The molecule has 2 aromatic heterocycles. The zero-order chi connectivity index (χ0) is 20.7. The van der Waals surface area contributed by atoms with Crippen LogP contribution in [0.2, 0.25) is 0 Å². The summed E-state index contributed by atoms with van der Waals surface area (Å²) in [4.78, 5) is 5.20. The van der Waals surface area contributed by atoms with Crippen LogP contribution in [0.25, 0.3) is 41.8 Å². The van der Waals surface area contributed by atoms with Crippen LogP contribution >= 0.6 is 11.3 Å². The molecule has 148 valence electrons. The average Bonchev–Trinajstić information content (AvgIpc) is 3.21. The lowest BCUT2D eigenvalue weighted by Crippen LogP contribution is -2.41. The Morgan fingerprint density at radius 2 is 1.30 bits per heavy atom. The van der Waals surface area contributed by atoms with E-state index in [0.717, 1.165) is 16.5 Å². The molecule has 0 bridgehead atoms. The summed E-state index contributed by atoms with van der Waals surface area (Å²) in [5.74, 6) is 0. The van der Waals surface area contributed by atoms with Gasteiger partial charge in [0, 0.05) is 26.2 Å². The second kappa shape index (κ2) is 6.04. The minimum atomic E-state index is -0.492. The van der Waals surface area contributed by atoms with E-state index < -0.39 is 18.3 Å². The van der Waals surface area contributed by atoms with E-state index in [9.17, 15) is 0 Å². The first-order chi connectivity index (χ1) is 14.4. The largest absolute Gasteiger partial charge is 0.515 e. The van der Waals surface area contributed by atoms with Crippen molar-refractivity contribution in [2.45, 2.75) is 38.9 Å². The maximum absolute atomic E-state index is 6.40. The van der Waals surface area contributed by atoms with Gasteiger partial charge in [-0.2, -0.15) is 0 Å². The van der Waals surface area contributed by atoms with Crippen LogP contribution in [0.5, 0.6) is 0 Å². The van der Waals surface area contributed by atoms with E-state index in [0.29, 0.717) is 0 Å². The highest BCUT2D eigenvalue weighted by Crippen LogP contribution is 2.40. The first-order valence-electron chi connectivity index (χ1n) is 10.3. The van der Waals surface area contributed by atoms with Crippen LogP contribution in [0.4, 0.5) is 0 Å². The second-order valence-corrected chi connectivity index (χ2v) is 10.1. The van der Waals surface area contributed by atoms with Crippen LogP contribution in [0.15, 0.2) is 60.7 Å². The molecule has 0 unspecified atom stereocenters. The van der Waals surface area contributed by atoms with Gasteiger partial charge in [0.1, 0.15) is 0 Å². The monoisotopic (exact) mass is 411 g/mol. The quantitative estimate of drug-likeness (QED) is 0.248. The third-order valence-electron chi connectivity index (χ3n) is 6.72. The Morgan fingerprint density at radius 3 is 2.03 bits per heavy atom. The maximum atomic E-state index is 6.40. The van der Waals surface area contributed by atoms with Crippen LogP contribution in [0, 0.1) is 0 Å². The van der Waals surface area contributed by atoms with Crippen LogP contribution in [0.1, 0.15) is 27.7 Å². The molecule has 1 aliphatic rings. The van der Waals surface area contributed by atoms with Gasteiger partial charge in [0.25, 0.3) is 0 Å². The van der Waals surface area contributed by atoms with E-state index in [2.05, 4.69) is 88.4 Å². The summed E-state index contributed by atoms with van der Waals surface area (Å²) in [7, 11) is -0.492. The smallest absolute Gasteiger partial charge is 0.398 e. The molecule has 0 radical (unpaired) electrons. The Hall–Kier alpha value is -2.47. The fourth-order valence-electron chi connectivity index (χ4n) is 4.36. The second-order valence-electron chi connectivity index (χ2n) is 9.07. The van der Waals surface area contributed by atoms with Gasteiger partial charge >= 0.3 is 7.12 Å². The molecule has 1 fully saturated rings. The van der Waals surface area contributed by atoms with E-state index in [-0.39, 0.29) is 0 Å². The topological polar surface area (TPSA) is 31.4 Å². The van der Waals surface area contributed by atoms with Crippen molar-refractivity contribution in [1.82, 2.24) is 4.98 Å². The van der Waals surface area contributed by atoms with Crippen molar-refractivity contribution in [2.75, 3.05) is 0 Å². The minimum Gasteiger partial charge on any atom is -0.398 e. The van der Waals surface area contributed by atoms with Gasteiger partial charge in [-0.1, -0.05) is 54.6 Å². The standard InChI is InChI=1S/C25H22BNO2S/c1-24(2)25(3,4)29-26(28-24)23-19-11-6-5-9-15(19)17-13-14-18-16-10-7-8-12-20(16)30-22(18)21(17)27-23/h5-14H,1-4H3. The summed E-state index contributed by atoms with van der Waals surface area (Å²) in [6.45, 7) is 8.34. The number of pyridine rings is 1. The lowest BCUT2D eigenvalue weighted by Gasteiger charge is -2.32. The SMILES string of the molecule is CC1(C)OB(c2nc3c(ccc4c5ccccc5sc43)c3ccccc23)OC1(C)C.